The van der Waals surface area contributed by atoms with Crippen molar-refractivity contribution in [3.63, 3.8) is 0 Å². The van der Waals surface area contributed by atoms with Crippen LogP contribution in [0.25, 0.3) is 6.08 Å². The first-order valence-electron chi connectivity index (χ1n) is 8.46. The lowest BCUT2D eigenvalue weighted by molar-refractivity contribution is -0.116. The lowest BCUT2D eigenvalue weighted by atomic mass is 10.2. The first-order valence-corrected chi connectivity index (χ1v) is 8.46. The third-order valence-electron chi connectivity index (χ3n) is 3.70. The number of aryl methyl sites for hydroxylation is 1. The van der Waals surface area contributed by atoms with E-state index in [1.165, 1.54) is 6.08 Å². The third-order valence-corrected chi connectivity index (χ3v) is 3.70. The molecule has 0 unspecified atom stereocenters. The number of rotatable bonds is 7. The highest BCUT2D eigenvalue weighted by molar-refractivity contribution is 5.91. The molecular formula is C22H23NO4. The van der Waals surface area contributed by atoms with Gasteiger partial charge in [-0.3, -0.25) is 4.79 Å². The maximum absolute atomic E-state index is 11.8. The van der Waals surface area contributed by atoms with Crippen molar-refractivity contribution in [2.75, 3.05) is 27.4 Å². The molecule has 0 saturated heterocycles. The molecule has 0 radical (unpaired) electrons. The fourth-order valence-electron chi connectivity index (χ4n) is 2.26. The molecule has 2 aromatic carbocycles. The second kappa shape index (κ2) is 10.6. The van der Waals surface area contributed by atoms with E-state index in [0.717, 1.165) is 16.9 Å². The largest absolute Gasteiger partial charge is 0.493 e. The molecule has 0 aliphatic heterocycles. The van der Waals surface area contributed by atoms with E-state index in [2.05, 4.69) is 17.2 Å². The van der Waals surface area contributed by atoms with Crippen molar-refractivity contribution < 1.29 is 19.0 Å². The van der Waals surface area contributed by atoms with Gasteiger partial charge in [0.15, 0.2) is 11.5 Å². The van der Waals surface area contributed by atoms with E-state index in [4.69, 9.17) is 14.2 Å². The lowest BCUT2D eigenvalue weighted by Crippen LogP contribution is -2.21. The zero-order valence-electron chi connectivity index (χ0n) is 15.7. The molecule has 0 bridgehead atoms. The van der Waals surface area contributed by atoms with Crippen LogP contribution in [-0.4, -0.2) is 33.3 Å². The Bertz CT molecular complexity index is 862. The molecule has 5 heteroatoms. The standard InChI is InChI=1S/C22H23NO4/c1-17-8-4-5-9-19(17)27-15-7-6-14-23-22(24)13-11-18-10-12-20(25-2)21(16-18)26-3/h4-5,8-13,16H,14-15H2,1-3H3,(H,23,24)/b13-11+. The topological polar surface area (TPSA) is 56.8 Å². The SMILES string of the molecule is COc1ccc(/C=C/C(=O)NCC#CCOc2ccccc2C)cc1OC. The molecular weight excluding hydrogens is 342 g/mol. The monoisotopic (exact) mass is 365 g/mol. The van der Waals surface area contributed by atoms with Crippen molar-refractivity contribution in [1.29, 1.82) is 0 Å². The molecule has 0 aromatic heterocycles. The van der Waals surface area contributed by atoms with Crippen LogP contribution in [0.2, 0.25) is 0 Å². The van der Waals surface area contributed by atoms with Gasteiger partial charge in [-0.15, -0.1) is 0 Å². The summed E-state index contributed by atoms with van der Waals surface area (Å²) >= 11 is 0. The van der Waals surface area contributed by atoms with Crippen molar-refractivity contribution in [2.24, 2.45) is 0 Å². The number of ether oxygens (including phenoxy) is 3. The fraction of sp³-hybridized carbons (Fsp3) is 0.227. The van der Waals surface area contributed by atoms with E-state index >= 15 is 0 Å². The molecule has 0 aliphatic rings. The molecule has 2 rings (SSSR count). The average Bonchev–Trinajstić information content (AvgIpc) is 2.70. The minimum absolute atomic E-state index is 0.223. The van der Waals surface area contributed by atoms with Gasteiger partial charge in [0.1, 0.15) is 12.4 Å². The van der Waals surface area contributed by atoms with Crippen LogP contribution in [0.5, 0.6) is 17.2 Å². The normalized spacial score (nSPS) is 10.0. The molecule has 1 N–H and O–H groups in total. The number of para-hydroxylation sites is 1. The Kier molecular flexibility index (Phi) is 7.80. The van der Waals surface area contributed by atoms with E-state index in [1.807, 2.05) is 37.3 Å². The minimum atomic E-state index is -0.223. The van der Waals surface area contributed by atoms with Crippen LogP contribution in [0.1, 0.15) is 11.1 Å². The molecule has 0 heterocycles. The Hall–Kier alpha value is -3.39. The van der Waals surface area contributed by atoms with Gasteiger partial charge in [-0.1, -0.05) is 36.1 Å². The Balaban J connectivity index is 1.76. The summed E-state index contributed by atoms with van der Waals surface area (Å²) in [5.41, 5.74) is 1.90. The zero-order valence-corrected chi connectivity index (χ0v) is 15.7. The van der Waals surface area contributed by atoms with Crippen molar-refractivity contribution >= 4 is 12.0 Å². The average molecular weight is 365 g/mol. The molecule has 0 aliphatic carbocycles. The summed E-state index contributed by atoms with van der Waals surface area (Å²) in [5.74, 6) is 7.58. The van der Waals surface area contributed by atoms with E-state index in [9.17, 15) is 4.79 Å². The molecule has 27 heavy (non-hydrogen) atoms. The van der Waals surface area contributed by atoms with Crippen LogP contribution in [0.15, 0.2) is 48.5 Å². The molecule has 140 valence electrons. The number of hydrogen-bond donors (Lipinski definition) is 1. The lowest BCUT2D eigenvalue weighted by Gasteiger charge is -2.07. The summed E-state index contributed by atoms with van der Waals surface area (Å²) in [4.78, 5) is 11.8. The van der Waals surface area contributed by atoms with Crippen molar-refractivity contribution in [1.82, 2.24) is 5.32 Å². The van der Waals surface area contributed by atoms with Gasteiger partial charge < -0.3 is 19.5 Å². The van der Waals surface area contributed by atoms with Crippen LogP contribution < -0.4 is 19.5 Å². The third kappa shape index (κ3) is 6.44. The van der Waals surface area contributed by atoms with Gasteiger partial charge in [0.2, 0.25) is 5.91 Å². The Morgan fingerprint density at radius 2 is 1.81 bits per heavy atom. The number of hydrogen-bond acceptors (Lipinski definition) is 4. The summed E-state index contributed by atoms with van der Waals surface area (Å²) in [6, 6.07) is 13.2. The highest BCUT2D eigenvalue weighted by Gasteiger charge is 2.03. The number of nitrogens with one attached hydrogen (secondary N) is 1. The minimum Gasteiger partial charge on any atom is -0.493 e. The molecule has 0 fully saturated rings. The predicted molar refractivity (Wildman–Crippen MR) is 106 cm³/mol. The first-order chi connectivity index (χ1) is 13.1. The summed E-state index contributed by atoms with van der Waals surface area (Å²) < 4.78 is 16.0. The molecule has 1 amide bonds. The highest BCUT2D eigenvalue weighted by Crippen LogP contribution is 2.27. The van der Waals surface area contributed by atoms with Gasteiger partial charge in [0.05, 0.1) is 20.8 Å². The second-order valence-corrected chi connectivity index (χ2v) is 5.57. The van der Waals surface area contributed by atoms with Crippen molar-refractivity contribution in [3.05, 3.63) is 59.7 Å². The van der Waals surface area contributed by atoms with Crippen LogP contribution >= 0.6 is 0 Å². The van der Waals surface area contributed by atoms with Crippen LogP contribution in [0, 0.1) is 18.8 Å². The van der Waals surface area contributed by atoms with Crippen molar-refractivity contribution in [3.8, 4) is 29.1 Å². The van der Waals surface area contributed by atoms with E-state index < -0.39 is 0 Å². The van der Waals surface area contributed by atoms with Gasteiger partial charge >= 0.3 is 0 Å². The second-order valence-electron chi connectivity index (χ2n) is 5.57. The quantitative estimate of drug-likeness (QED) is 0.605. The summed E-state index contributed by atoms with van der Waals surface area (Å²) in [5, 5.41) is 2.70. The first kappa shape index (κ1) is 19.9. The molecule has 5 nitrogen and oxygen atoms in total. The van der Waals surface area contributed by atoms with Crippen LogP contribution in [0.4, 0.5) is 0 Å². The van der Waals surface area contributed by atoms with Gasteiger partial charge in [0.25, 0.3) is 0 Å². The zero-order chi connectivity index (χ0) is 19.5. The maximum Gasteiger partial charge on any atom is 0.244 e. The van der Waals surface area contributed by atoms with Gasteiger partial charge in [-0.25, -0.2) is 0 Å². The highest BCUT2D eigenvalue weighted by atomic mass is 16.5. The number of benzene rings is 2. The smallest absolute Gasteiger partial charge is 0.244 e. The van der Waals surface area contributed by atoms with Gasteiger partial charge in [0, 0.05) is 6.08 Å². The van der Waals surface area contributed by atoms with E-state index in [-0.39, 0.29) is 19.1 Å². The Morgan fingerprint density at radius 3 is 2.56 bits per heavy atom. The van der Waals surface area contributed by atoms with Gasteiger partial charge in [-0.2, -0.15) is 0 Å². The summed E-state index contributed by atoms with van der Waals surface area (Å²) in [7, 11) is 3.15. The number of carbonyl (C=O) groups is 1. The molecule has 2 aromatic rings. The number of amides is 1. The van der Waals surface area contributed by atoms with Crippen LogP contribution in [0.3, 0.4) is 0 Å². The Labute approximate surface area is 159 Å². The van der Waals surface area contributed by atoms with E-state index in [0.29, 0.717) is 11.5 Å². The molecule has 0 atom stereocenters. The Morgan fingerprint density at radius 1 is 1.04 bits per heavy atom. The fourth-order valence-corrected chi connectivity index (χ4v) is 2.26. The molecule has 0 spiro atoms. The summed E-state index contributed by atoms with van der Waals surface area (Å²) in [6.07, 6.45) is 3.15. The van der Waals surface area contributed by atoms with Crippen LogP contribution in [-0.2, 0) is 4.79 Å². The van der Waals surface area contributed by atoms with Crippen molar-refractivity contribution in [2.45, 2.75) is 6.92 Å². The predicted octanol–water partition coefficient (Wildman–Crippen LogP) is 3.22. The van der Waals surface area contributed by atoms with E-state index in [1.54, 1.807) is 32.4 Å². The molecule has 0 saturated carbocycles. The van der Waals surface area contributed by atoms with Gasteiger partial charge in [-0.05, 0) is 42.3 Å². The number of carbonyl (C=O) groups excluding carboxylic acids is 1. The summed E-state index contributed by atoms with van der Waals surface area (Å²) in [6.45, 7) is 2.52. The maximum atomic E-state index is 11.8. The number of methoxy groups -OCH3 is 2.